The van der Waals surface area contributed by atoms with Gasteiger partial charge in [-0.25, -0.2) is 0 Å². The third-order valence-electron chi connectivity index (χ3n) is 1.08. The van der Waals surface area contributed by atoms with Crippen LogP contribution in [0.15, 0.2) is 29.2 Å². The number of nitro benzene ring substituents is 1. The second kappa shape index (κ2) is 4.77. The first-order chi connectivity index (χ1) is 4.72. The van der Waals surface area contributed by atoms with Crippen molar-refractivity contribution in [3.63, 3.8) is 0 Å². The van der Waals surface area contributed by atoms with Gasteiger partial charge in [0.2, 0.25) is 0 Å². The predicted octanol–water partition coefficient (Wildman–Crippen LogP) is 1.50. The molecule has 0 unspecified atom stereocenters. The number of nitrogens with zero attached hydrogens (tertiary/aromatic N) is 1. The molecule has 1 radical (unpaired) electrons. The average molecular weight is 178 g/mol. The quantitative estimate of drug-likeness (QED) is 0.306. The molecule has 1 aromatic rings. The van der Waals surface area contributed by atoms with E-state index >= 15 is 0 Å². The van der Waals surface area contributed by atoms with E-state index < -0.39 is 4.92 Å². The first-order valence-corrected chi connectivity index (χ1v) is 3.09. The molecule has 1 rings (SSSR count). The van der Waals surface area contributed by atoms with Gasteiger partial charge in [-0.15, -0.1) is 12.6 Å². The van der Waals surface area contributed by atoms with Crippen LogP contribution in [0.2, 0.25) is 0 Å². The number of benzene rings is 1. The van der Waals surface area contributed by atoms with Gasteiger partial charge < -0.3 is 0 Å². The van der Waals surface area contributed by atoms with Gasteiger partial charge in [0.25, 0.3) is 5.69 Å². The number of para-hydroxylation sites is 1. The summed E-state index contributed by atoms with van der Waals surface area (Å²) in [7, 11) is 0. The largest absolute Gasteiger partial charge is 0.282 e. The molecule has 0 heterocycles. The number of hydrogen-bond donors (Lipinski definition) is 1. The first-order valence-electron chi connectivity index (χ1n) is 2.64. The molecule has 5 heteroatoms. The van der Waals surface area contributed by atoms with Gasteiger partial charge >= 0.3 is 0 Å². The zero-order chi connectivity index (χ0) is 7.56. The molecular weight excluding hydrogens is 173 g/mol. The summed E-state index contributed by atoms with van der Waals surface area (Å²) in [6, 6.07) is 6.32. The molecular formula is C6H5NNaO2S. The van der Waals surface area contributed by atoms with Crippen molar-refractivity contribution in [2.24, 2.45) is 0 Å². The molecule has 11 heavy (non-hydrogen) atoms. The normalized spacial score (nSPS) is 8.45. The van der Waals surface area contributed by atoms with Crippen LogP contribution in [-0.2, 0) is 0 Å². The van der Waals surface area contributed by atoms with E-state index in [0.717, 1.165) is 0 Å². The molecule has 0 aliphatic heterocycles. The number of hydrogen-bond acceptors (Lipinski definition) is 3. The van der Waals surface area contributed by atoms with Crippen LogP contribution >= 0.6 is 12.6 Å². The summed E-state index contributed by atoms with van der Waals surface area (Å²) in [6.07, 6.45) is 0. The Morgan fingerprint density at radius 2 is 1.91 bits per heavy atom. The van der Waals surface area contributed by atoms with Crippen molar-refractivity contribution in [2.75, 3.05) is 0 Å². The third-order valence-corrected chi connectivity index (χ3v) is 1.46. The van der Waals surface area contributed by atoms with E-state index in [9.17, 15) is 10.1 Å². The Morgan fingerprint density at radius 1 is 1.36 bits per heavy atom. The molecule has 1 aromatic carbocycles. The minimum Gasteiger partial charge on any atom is -0.258 e. The van der Waals surface area contributed by atoms with Crippen molar-refractivity contribution in [2.45, 2.75) is 4.90 Å². The Balaban J connectivity index is 0.000001000. The van der Waals surface area contributed by atoms with E-state index in [2.05, 4.69) is 12.6 Å². The summed E-state index contributed by atoms with van der Waals surface area (Å²) < 4.78 is 0. The molecule has 0 atom stereocenters. The van der Waals surface area contributed by atoms with Crippen molar-refractivity contribution in [3.8, 4) is 0 Å². The van der Waals surface area contributed by atoms with Gasteiger partial charge in [0, 0.05) is 35.6 Å². The van der Waals surface area contributed by atoms with E-state index in [0.29, 0.717) is 4.90 Å². The Kier molecular flexibility index (Phi) is 4.76. The molecule has 0 saturated carbocycles. The van der Waals surface area contributed by atoms with E-state index in [1.165, 1.54) is 6.07 Å². The summed E-state index contributed by atoms with van der Waals surface area (Å²) in [5.74, 6) is 0. The molecule has 0 aliphatic rings. The number of thiol groups is 1. The van der Waals surface area contributed by atoms with Crippen LogP contribution in [0, 0.1) is 10.1 Å². The Morgan fingerprint density at radius 3 is 2.27 bits per heavy atom. The minimum atomic E-state index is -0.456. The monoisotopic (exact) mass is 178 g/mol. The van der Waals surface area contributed by atoms with E-state index in [4.69, 9.17) is 0 Å². The zero-order valence-corrected chi connectivity index (χ0v) is 8.91. The number of nitro groups is 1. The molecule has 0 saturated heterocycles. The van der Waals surface area contributed by atoms with Gasteiger partial charge in [-0.2, -0.15) is 0 Å². The van der Waals surface area contributed by atoms with E-state index in [-0.39, 0.29) is 35.2 Å². The van der Waals surface area contributed by atoms with Crippen LogP contribution in [-0.4, -0.2) is 34.5 Å². The van der Waals surface area contributed by atoms with Crippen LogP contribution in [0.3, 0.4) is 0 Å². The second-order valence-electron chi connectivity index (χ2n) is 1.75. The smallest absolute Gasteiger partial charge is 0.258 e. The summed E-state index contributed by atoms with van der Waals surface area (Å²) in [5, 5.41) is 10.2. The molecule has 0 fully saturated rings. The van der Waals surface area contributed by atoms with Crippen molar-refractivity contribution >= 4 is 47.9 Å². The Labute approximate surface area is 91.7 Å². The first kappa shape index (κ1) is 11.0. The van der Waals surface area contributed by atoms with E-state index in [1.807, 2.05) is 0 Å². The molecule has 0 spiro atoms. The van der Waals surface area contributed by atoms with Gasteiger partial charge in [0.1, 0.15) is 0 Å². The second-order valence-corrected chi connectivity index (χ2v) is 2.23. The topological polar surface area (TPSA) is 43.1 Å². The van der Waals surface area contributed by atoms with E-state index in [1.54, 1.807) is 18.2 Å². The third kappa shape index (κ3) is 2.83. The molecule has 0 aromatic heterocycles. The van der Waals surface area contributed by atoms with Gasteiger partial charge in [0.05, 0.1) is 9.82 Å². The molecule has 0 bridgehead atoms. The maximum atomic E-state index is 10.2. The molecule has 0 amide bonds. The predicted molar refractivity (Wildman–Crippen MR) is 46.1 cm³/mol. The SMILES string of the molecule is O=[N+]([O-])c1ccccc1S.[Na]. The van der Waals surface area contributed by atoms with Gasteiger partial charge in [-0.05, 0) is 6.07 Å². The zero-order valence-electron chi connectivity index (χ0n) is 6.02. The maximum Gasteiger partial charge on any atom is 0.282 e. The fourth-order valence-electron chi connectivity index (χ4n) is 0.619. The van der Waals surface area contributed by atoms with Gasteiger partial charge in [0.15, 0.2) is 0 Å². The van der Waals surface area contributed by atoms with Crippen LogP contribution in [0.25, 0.3) is 0 Å². The van der Waals surface area contributed by atoms with Crippen molar-refractivity contribution in [1.29, 1.82) is 0 Å². The molecule has 53 valence electrons. The summed E-state index contributed by atoms with van der Waals surface area (Å²) in [6.45, 7) is 0. The van der Waals surface area contributed by atoms with Crippen molar-refractivity contribution in [1.82, 2.24) is 0 Å². The fourth-order valence-corrected chi connectivity index (χ4v) is 0.861. The minimum absolute atomic E-state index is 0. The van der Waals surface area contributed by atoms with Crippen LogP contribution in [0.5, 0.6) is 0 Å². The Bertz CT molecular complexity index is 267. The summed E-state index contributed by atoms with van der Waals surface area (Å²) >= 11 is 3.90. The average Bonchev–Trinajstić information content (AvgIpc) is 1.88. The van der Waals surface area contributed by atoms with Crippen molar-refractivity contribution < 1.29 is 4.92 Å². The molecule has 3 nitrogen and oxygen atoms in total. The van der Waals surface area contributed by atoms with Crippen LogP contribution in [0.1, 0.15) is 0 Å². The van der Waals surface area contributed by atoms with Crippen LogP contribution in [0.4, 0.5) is 5.69 Å². The van der Waals surface area contributed by atoms with Gasteiger partial charge in [-0.3, -0.25) is 10.1 Å². The maximum absolute atomic E-state index is 10.2. The van der Waals surface area contributed by atoms with Crippen molar-refractivity contribution in [3.05, 3.63) is 34.4 Å². The summed E-state index contributed by atoms with van der Waals surface area (Å²) in [4.78, 5) is 10.1. The standard InChI is InChI=1S/C6H5NO2S.Na/c8-7(9)5-3-1-2-4-6(5)10;/h1-4,10H;. The molecule has 0 N–H and O–H groups in total. The molecule has 0 aliphatic carbocycles. The van der Waals surface area contributed by atoms with Gasteiger partial charge in [-0.1, -0.05) is 12.1 Å². The Hall–Kier alpha value is -0.0300. The van der Waals surface area contributed by atoms with Crippen LogP contribution < -0.4 is 0 Å². The fraction of sp³-hybridized carbons (Fsp3) is 0. The summed E-state index contributed by atoms with van der Waals surface area (Å²) in [5.41, 5.74) is 0.0471. The number of rotatable bonds is 1.